The predicted octanol–water partition coefficient (Wildman–Crippen LogP) is 11.0. The van der Waals surface area contributed by atoms with E-state index >= 15 is 0 Å². The summed E-state index contributed by atoms with van der Waals surface area (Å²) in [7, 11) is 0.566. The van der Waals surface area contributed by atoms with Crippen LogP contribution in [0.4, 0.5) is 0 Å². The zero-order chi connectivity index (χ0) is 21.6. The summed E-state index contributed by atoms with van der Waals surface area (Å²) in [6.45, 7) is 12.0. The van der Waals surface area contributed by atoms with E-state index in [0.29, 0.717) is 0 Å². The van der Waals surface area contributed by atoms with E-state index in [-0.39, 0.29) is 15.8 Å². The average molecular weight is 445 g/mol. The van der Waals surface area contributed by atoms with Crippen molar-refractivity contribution in [1.29, 1.82) is 0 Å². The van der Waals surface area contributed by atoms with Crippen molar-refractivity contribution in [3.63, 3.8) is 0 Å². The van der Waals surface area contributed by atoms with Crippen LogP contribution < -0.4 is 0 Å². The van der Waals surface area contributed by atoms with Gasteiger partial charge in [-0.1, -0.05) is 128 Å². The van der Waals surface area contributed by atoms with Gasteiger partial charge in [-0.3, -0.25) is 0 Å². The molecule has 0 aliphatic carbocycles. The molecule has 29 heavy (non-hydrogen) atoms. The van der Waals surface area contributed by atoms with Gasteiger partial charge < -0.3 is 0 Å². The molecule has 0 radical (unpaired) electrons. The van der Waals surface area contributed by atoms with Gasteiger partial charge >= 0.3 is 0 Å². The van der Waals surface area contributed by atoms with Gasteiger partial charge in [0.2, 0.25) is 0 Å². The van der Waals surface area contributed by atoms with E-state index in [2.05, 4.69) is 34.6 Å². The fraction of sp³-hybridized carbons (Fsp3) is 1.00. The van der Waals surface area contributed by atoms with Gasteiger partial charge in [-0.25, -0.2) is 0 Å². The summed E-state index contributed by atoms with van der Waals surface area (Å²) in [5.41, 5.74) is 0. The van der Waals surface area contributed by atoms with Crippen LogP contribution in [0, 0.1) is 0 Å². The first kappa shape index (κ1) is 29.9. The highest BCUT2D eigenvalue weighted by atomic mass is 31.2. The van der Waals surface area contributed by atoms with E-state index in [4.69, 9.17) is 0 Å². The Labute approximate surface area is 189 Å². The largest absolute Gasteiger partial charge is 0.0991 e. The second-order valence-electron chi connectivity index (χ2n) is 9.20. The highest BCUT2D eigenvalue weighted by molar-refractivity contribution is 7.75. The summed E-state index contributed by atoms with van der Waals surface area (Å²) in [5, 5.41) is 1.13. The van der Waals surface area contributed by atoms with Gasteiger partial charge in [0.25, 0.3) is 0 Å². The number of unbranched alkanes of at least 4 members (excludes halogenated alkanes) is 12. The summed E-state index contributed by atoms with van der Waals surface area (Å²) in [4.78, 5) is 0. The molecule has 176 valence electrons. The van der Waals surface area contributed by atoms with Crippen molar-refractivity contribution in [2.75, 3.05) is 24.6 Å². The normalized spacial score (nSPS) is 12.0. The van der Waals surface area contributed by atoms with Crippen molar-refractivity contribution in [3.05, 3.63) is 0 Å². The predicted molar refractivity (Wildman–Crippen MR) is 144 cm³/mol. The molecular formula is C27H58P2. The van der Waals surface area contributed by atoms with Gasteiger partial charge in [-0.05, 0) is 62.2 Å². The smallest absolute Gasteiger partial charge is 0.000845 e. The van der Waals surface area contributed by atoms with Crippen LogP contribution in [-0.2, 0) is 0 Å². The Morgan fingerprint density at radius 1 is 0.379 bits per heavy atom. The van der Waals surface area contributed by atoms with Crippen molar-refractivity contribution >= 4 is 15.8 Å². The second-order valence-corrected chi connectivity index (χ2v) is 15.0. The Morgan fingerprint density at radius 2 is 0.655 bits per heavy atom. The maximum atomic E-state index is 2.55. The molecule has 0 aliphatic heterocycles. The first-order chi connectivity index (χ1) is 14.2. The van der Waals surface area contributed by atoms with Crippen LogP contribution in [0.5, 0.6) is 0 Å². The van der Waals surface area contributed by atoms with E-state index in [0.717, 1.165) is 5.40 Å². The minimum atomic E-state index is 0.283. The lowest BCUT2D eigenvalue weighted by atomic mass is 10.2. The Morgan fingerprint density at radius 3 is 0.862 bits per heavy atom. The van der Waals surface area contributed by atoms with E-state index in [1.165, 1.54) is 109 Å². The van der Waals surface area contributed by atoms with Crippen LogP contribution in [0.1, 0.15) is 144 Å². The molecule has 0 aliphatic rings. The summed E-state index contributed by atoms with van der Waals surface area (Å²) in [6.07, 6.45) is 31.3. The van der Waals surface area contributed by atoms with Crippen molar-refractivity contribution in [2.24, 2.45) is 0 Å². The molecule has 0 bridgehead atoms. The lowest BCUT2D eigenvalue weighted by Crippen LogP contribution is -2.12. The van der Waals surface area contributed by atoms with Crippen molar-refractivity contribution in [3.8, 4) is 0 Å². The molecule has 0 amide bonds. The van der Waals surface area contributed by atoms with Gasteiger partial charge in [0.1, 0.15) is 0 Å². The molecule has 0 spiro atoms. The van der Waals surface area contributed by atoms with Crippen LogP contribution in [0.2, 0.25) is 0 Å². The van der Waals surface area contributed by atoms with Crippen LogP contribution in [0.3, 0.4) is 0 Å². The minimum absolute atomic E-state index is 0.283. The Balaban J connectivity index is 4.90. The summed E-state index contributed by atoms with van der Waals surface area (Å²) in [6, 6.07) is 0. The molecular weight excluding hydrogens is 386 g/mol. The molecule has 0 atom stereocenters. The fourth-order valence-corrected chi connectivity index (χ4v) is 13.0. The molecule has 0 N–H and O–H groups in total. The molecule has 0 saturated heterocycles. The standard InChI is InChI=1S/C27H58P2/c1-6-11-15-19-23-28(24-20-16-12-7-2)27(10-5)29(25-21-17-13-8-3)26-22-18-14-9-4/h27H,6-26H2,1-5H3. The van der Waals surface area contributed by atoms with Gasteiger partial charge in [0, 0.05) is 0 Å². The van der Waals surface area contributed by atoms with E-state index in [9.17, 15) is 0 Å². The molecule has 0 heterocycles. The molecule has 0 nitrogen and oxygen atoms in total. The Hall–Kier alpha value is 0.860. The van der Waals surface area contributed by atoms with Crippen molar-refractivity contribution in [1.82, 2.24) is 0 Å². The lowest BCUT2D eigenvalue weighted by molar-refractivity contribution is 0.691. The van der Waals surface area contributed by atoms with Crippen LogP contribution in [0.15, 0.2) is 0 Å². The van der Waals surface area contributed by atoms with Crippen molar-refractivity contribution < 1.29 is 0 Å². The Kier molecular flexibility index (Phi) is 24.2. The fourth-order valence-electron chi connectivity index (χ4n) is 4.53. The van der Waals surface area contributed by atoms with E-state index in [1.54, 1.807) is 24.6 Å². The van der Waals surface area contributed by atoms with E-state index < -0.39 is 0 Å². The zero-order valence-corrected chi connectivity index (χ0v) is 23.1. The zero-order valence-electron chi connectivity index (χ0n) is 21.3. The van der Waals surface area contributed by atoms with Crippen LogP contribution >= 0.6 is 15.8 Å². The quantitative estimate of drug-likeness (QED) is 0.109. The van der Waals surface area contributed by atoms with Gasteiger partial charge in [0.05, 0.1) is 0 Å². The SMILES string of the molecule is CCCCCCP(CCCCCC)C(CC)P(CCCCCC)CCCCCC. The van der Waals surface area contributed by atoms with Gasteiger partial charge in [-0.15, -0.1) is 0 Å². The third-order valence-corrected chi connectivity index (χ3v) is 14.3. The summed E-state index contributed by atoms with van der Waals surface area (Å²) >= 11 is 0. The molecule has 0 rings (SSSR count). The molecule has 0 aromatic heterocycles. The Bertz CT molecular complexity index is 253. The van der Waals surface area contributed by atoms with Crippen molar-refractivity contribution in [2.45, 2.75) is 149 Å². The van der Waals surface area contributed by atoms with Gasteiger partial charge in [-0.2, -0.15) is 0 Å². The first-order valence-corrected chi connectivity index (χ1v) is 17.3. The topological polar surface area (TPSA) is 0 Å². The molecule has 0 unspecified atom stereocenters. The number of hydrogen-bond donors (Lipinski definition) is 0. The molecule has 0 fully saturated rings. The minimum Gasteiger partial charge on any atom is -0.0991 e. The monoisotopic (exact) mass is 444 g/mol. The summed E-state index contributed by atoms with van der Waals surface area (Å²) in [5.74, 6) is 0. The number of hydrogen-bond acceptors (Lipinski definition) is 0. The van der Waals surface area contributed by atoms with Gasteiger partial charge in [0.15, 0.2) is 0 Å². The van der Waals surface area contributed by atoms with Crippen LogP contribution in [0.25, 0.3) is 0 Å². The third-order valence-electron chi connectivity index (χ3n) is 6.40. The average Bonchev–Trinajstić information content (AvgIpc) is 2.73. The highest BCUT2D eigenvalue weighted by Gasteiger charge is 2.26. The first-order valence-electron chi connectivity index (χ1n) is 13.7. The lowest BCUT2D eigenvalue weighted by Gasteiger charge is -2.35. The molecule has 0 saturated carbocycles. The third kappa shape index (κ3) is 17.1. The molecule has 2 heteroatoms. The molecule has 0 aromatic rings. The highest BCUT2D eigenvalue weighted by Crippen LogP contribution is 2.61. The molecule has 0 aromatic carbocycles. The second kappa shape index (κ2) is 23.5. The van der Waals surface area contributed by atoms with E-state index in [1.807, 2.05) is 0 Å². The number of rotatable bonds is 23. The van der Waals surface area contributed by atoms with Crippen LogP contribution in [-0.4, -0.2) is 30.0 Å². The maximum Gasteiger partial charge on any atom is -0.000845 e. The summed E-state index contributed by atoms with van der Waals surface area (Å²) < 4.78 is 0. The maximum absolute atomic E-state index is 2.55.